The Morgan fingerprint density at radius 2 is 1.87 bits per heavy atom. The molecule has 0 fully saturated rings. The van der Waals surface area contributed by atoms with Crippen LogP contribution >= 0.6 is 0 Å². The summed E-state index contributed by atoms with van der Waals surface area (Å²) in [5.41, 5.74) is -1.88. The molecule has 2 aromatic carbocycles. The standard InChI is InChI=1S/C21H17F3O6/c1-3-28-17(25)11-29-12-8-9-14-16(10-12)30-20(21(22,23)24)18(19(14)26)13-6-4-5-7-15(13)27-2/h4-10H,3,11H2,1-2H3. The highest BCUT2D eigenvalue weighted by Gasteiger charge is 2.40. The molecular weight excluding hydrogens is 405 g/mol. The van der Waals surface area contributed by atoms with Gasteiger partial charge in [-0.1, -0.05) is 18.2 Å². The molecule has 0 unspecified atom stereocenters. The number of fused-ring (bicyclic) bond motifs is 1. The highest BCUT2D eigenvalue weighted by atomic mass is 19.4. The number of alkyl halides is 3. The van der Waals surface area contributed by atoms with Crippen LogP contribution in [0.3, 0.4) is 0 Å². The number of para-hydroxylation sites is 1. The third kappa shape index (κ3) is 4.24. The smallest absolute Gasteiger partial charge is 0.450 e. The molecule has 0 amide bonds. The molecule has 0 spiro atoms. The summed E-state index contributed by atoms with van der Waals surface area (Å²) in [6, 6.07) is 9.63. The zero-order valence-electron chi connectivity index (χ0n) is 16.0. The van der Waals surface area contributed by atoms with E-state index in [4.69, 9.17) is 18.6 Å². The summed E-state index contributed by atoms with van der Waals surface area (Å²) >= 11 is 0. The lowest BCUT2D eigenvalue weighted by molar-refractivity contribution is -0.152. The zero-order valence-corrected chi connectivity index (χ0v) is 16.0. The molecule has 3 rings (SSSR count). The molecule has 30 heavy (non-hydrogen) atoms. The van der Waals surface area contributed by atoms with E-state index in [1.807, 2.05) is 0 Å². The number of methoxy groups -OCH3 is 1. The predicted molar refractivity (Wildman–Crippen MR) is 102 cm³/mol. The van der Waals surface area contributed by atoms with Crippen LogP contribution in [0.15, 0.2) is 51.7 Å². The fraction of sp³-hybridized carbons (Fsp3) is 0.238. The molecule has 9 heteroatoms. The molecule has 3 aromatic rings. The maximum Gasteiger partial charge on any atom is 0.450 e. The molecule has 0 bridgehead atoms. The fourth-order valence-electron chi connectivity index (χ4n) is 2.90. The van der Waals surface area contributed by atoms with Gasteiger partial charge in [-0.3, -0.25) is 4.79 Å². The van der Waals surface area contributed by atoms with Crippen LogP contribution in [0.4, 0.5) is 13.2 Å². The number of benzene rings is 2. The number of ether oxygens (including phenoxy) is 3. The monoisotopic (exact) mass is 422 g/mol. The Hall–Kier alpha value is -3.49. The lowest BCUT2D eigenvalue weighted by Crippen LogP contribution is -2.17. The Morgan fingerprint density at radius 1 is 1.13 bits per heavy atom. The zero-order chi connectivity index (χ0) is 21.9. The summed E-state index contributed by atoms with van der Waals surface area (Å²) in [6.45, 7) is 1.35. The lowest BCUT2D eigenvalue weighted by Gasteiger charge is -2.15. The highest BCUT2D eigenvalue weighted by Crippen LogP contribution is 2.40. The van der Waals surface area contributed by atoms with Crippen molar-refractivity contribution in [3.05, 3.63) is 58.4 Å². The second-order valence-corrected chi connectivity index (χ2v) is 6.09. The van der Waals surface area contributed by atoms with Crippen LogP contribution in [-0.4, -0.2) is 26.3 Å². The van der Waals surface area contributed by atoms with E-state index >= 15 is 0 Å². The van der Waals surface area contributed by atoms with Crippen molar-refractivity contribution < 1.29 is 36.6 Å². The molecule has 0 atom stereocenters. The van der Waals surface area contributed by atoms with Gasteiger partial charge in [0.2, 0.25) is 11.2 Å². The molecule has 0 aliphatic heterocycles. The number of hydrogen-bond acceptors (Lipinski definition) is 6. The van der Waals surface area contributed by atoms with Gasteiger partial charge < -0.3 is 18.6 Å². The summed E-state index contributed by atoms with van der Waals surface area (Å²) in [6.07, 6.45) is -4.94. The second-order valence-electron chi connectivity index (χ2n) is 6.09. The number of halogens is 3. The third-order valence-corrected chi connectivity index (χ3v) is 4.16. The molecule has 0 radical (unpaired) electrons. The topological polar surface area (TPSA) is 75.0 Å². The van der Waals surface area contributed by atoms with E-state index in [1.165, 1.54) is 37.4 Å². The average Bonchev–Trinajstić information content (AvgIpc) is 2.71. The van der Waals surface area contributed by atoms with E-state index in [1.54, 1.807) is 13.0 Å². The Labute approximate surface area is 168 Å². The SMILES string of the molecule is CCOC(=O)COc1ccc2c(=O)c(-c3ccccc3OC)c(C(F)(F)F)oc2c1. The first kappa shape index (κ1) is 21.2. The van der Waals surface area contributed by atoms with Gasteiger partial charge >= 0.3 is 12.1 Å². The normalized spacial score (nSPS) is 11.4. The van der Waals surface area contributed by atoms with Crippen molar-refractivity contribution in [2.45, 2.75) is 13.1 Å². The van der Waals surface area contributed by atoms with E-state index in [2.05, 4.69) is 0 Å². The quantitative estimate of drug-likeness (QED) is 0.547. The van der Waals surface area contributed by atoms with Crippen molar-refractivity contribution in [3.8, 4) is 22.6 Å². The van der Waals surface area contributed by atoms with Crippen molar-refractivity contribution in [2.24, 2.45) is 0 Å². The van der Waals surface area contributed by atoms with E-state index in [9.17, 15) is 22.8 Å². The summed E-state index contributed by atoms with van der Waals surface area (Å²) in [5.74, 6) is -1.94. The molecule has 0 aliphatic rings. The molecular formula is C21H17F3O6. The highest BCUT2D eigenvalue weighted by molar-refractivity contribution is 5.85. The van der Waals surface area contributed by atoms with Crippen molar-refractivity contribution in [1.82, 2.24) is 0 Å². The number of esters is 1. The molecule has 0 saturated heterocycles. The van der Waals surface area contributed by atoms with E-state index in [0.29, 0.717) is 0 Å². The lowest BCUT2D eigenvalue weighted by atomic mass is 10.0. The Kier molecular flexibility index (Phi) is 6.00. The van der Waals surface area contributed by atoms with Crippen LogP contribution in [0.25, 0.3) is 22.1 Å². The van der Waals surface area contributed by atoms with Gasteiger partial charge in [0.1, 0.15) is 17.1 Å². The van der Waals surface area contributed by atoms with Crippen LogP contribution in [-0.2, 0) is 15.7 Å². The summed E-state index contributed by atoms with van der Waals surface area (Å²) in [5, 5.41) is -0.0765. The fourth-order valence-corrected chi connectivity index (χ4v) is 2.90. The van der Waals surface area contributed by atoms with Gasteiger partial charge in [0.05, 0.1) is 24.7 Å². The van der Waals surface area contributed by atoms with Crippen LogP contribution in [0.5, 0.6) is 11.5 Å². The number of rotatable bonds is 6. The van der Waals surface area contributed by atoms with Gasteiger partial charge in [0, 0.05) is 11.6 Å². The minimum atomic E-state index is -4.94. The molecule has 1 heterocycles. The first-order chi connectivity index (χ1) is 14.3. The third-order valence-electron chi connectivity index (χ3n) is 4.16. The van der Waals surface area contributed by atoms with Gasteiger partial charge in [0.25, 0.3) is 0 Å². The van der Waals surface area contributed by atoms with Gasteiger partial charge in [-0.25, -0.2) is 4.79 Å². The molecule has 0 aliphatic carbocycles. The first-order valence-corrected chi connectivity index (χ1v) is 8.86. The van der Waals surface area contributed by atoms with E-state index in [0.717, 1.165) is 6.07 Å². The van der Waals surface area contributed by atoms with Crippen molar-refractivity contribution in [1.29, 1.82) is 0 Å². The molecule has 1 aromatic heterocycles. The van der Waals surface area contributed by atoms with Crippen molar-refractivity contribution in [2.75, 3.05) is 20.3 Å². The predicted octanol–water partition coefficient (Wildman–Crippen LogP) is 4.43. The van der Waals surface area contributed by atoms with Gasteiger partial charge in [-0.05, 0) is 25.1 Å². The second kappa shape index (κ2) is 8.48. The van der Waals surface area contributed by atoms with Gasteiger partial charge in [-0.2, -0.15) is 13.2 Å². The van der Waals surface area contributed by atoms with Crippen molar-refractivity contribution in [3.63, 3.8) is 0 Å². The average molecular weight is 422 g/mol. The van der Waals surface area contributed by atoms with Crippen LogP contribution in [0.1, 0.15) is 12.7 Å². The Bertz CT molecular complexity index is 1130. The van der Waals surface area contributed by atoms with Gasteiger partial charge in [-0.15, -0.1) is 0 Å². The Morgan fingerprint density at radius 3 is 2.53 bits per heavy atom. The molecule has 0 N–H and O–H groups in total. The van der Waals surface area contributed by atoms with Crippen LogP contribution < -0.4 is 14.9 Å². The number of hydrogen-bond donors (Lipinski definition) is 0. The largest absolute Gasteiger partial charge is 0.496 e. The molecule has 158 valence electrons. The maximum atomic E-state index is 13.8. The first-order valence-electron chi connectivity index (χ1n) is 8.86. The number of carbonyl (C=O) groups is 1. The summed E-state index contributed by atoms with van der Waals surface area (Å²) in [4.78, 5) is 24.4. The van der Waals surface area contributed by atoms with E-state index < -0.39 is 35.5 Å². The molecule has 0 saturated carbocycles. The minimum absolute atomic E-state index is 0.0365. The minimum Gasteiger partial charge on any atom is -0.496 e. The van der Waals surface area contributed by atoms with Crippen LogP contribution in [0, 0.1) is 0 Å². The Balaban J connectivity index is 2.17. The van der Waals surface area contributed by atoms with Gasteiger partial charge in [0.15, 0.2) is 6.61 Å². The maximum absolute atomic E-state index is 13.8. The number of carbonyl (C=O) groups excluding carboxylic acids is 1. The summed E-state index contributed by atoms with van der Waals surface area (Å²) < 4.78 is 61.4. The summed E-state index contributed by atoms with van der Waals surface area (Å²) in [7, 11) is 1.29. The van der Waals surface area contributed by atoms with Crippen molar-refractivity contribution >= 4 is 16.9 Å². The van der Waals surface area contributed by atoms with Crippen LogP contribution in [0.2, 0.25) is 0 Å². The molecule has 6 nitrogen and oxygen atoms in total. The van der Waals surface area contributed by atoms with E-state index in [-0.39, 0.29) is 34.6 Å².